The van der Waals surface area contributed by atoms with Gasteiger partial charge in [0.15, 0.2) is 0 Å². The van der Waals surface area contributed by atoms with Crippen molar-refractivity contribution in [3.63, 3.8) is 0 Å². The zero-order chi connectivity index (χ0) is 20.3. The Bertz CT molecular complexity index is 638. The van der Waals surface area contributed by atoms with Crippen LogP contribution >= 0.6 is 0 Å². The fourth-order valence-electron chi connectivity index (χ4n) is 5.29. The third-order valence-corrected chi connectivity index (χ3v) is 6.53. The summed E-state index contributed by atoms with van der Waals surface area (Å²) in [5, 5.41) is 13.9. The molecule has 0 spiro atoms. The van der Waals surface area contributed by atoms with Gasteiger partial charge in [0.05, 0.1) is 12.1 Å². The number of hydrogen-bond acceptors (Lipinski definition) is 3. The SMILES string of the molecule is CC(O)C(Cc1ccccc1)N1CCC2CCCCC2C1C(=O)NC(C)(C)C. The number of benzene rings is 1. The molecule has 0 bridgehead atoms. The summed E-state index contributed by atoms with van der Waals surface area (Å²) in [6, 6.07) is 10.2. The van der Waals surface area contributed by atoms with Crippen LogP contribution in [-0.2, 0) is 11.2 Å². The van der Waals surface area contributed by atoms with Crippen LogP contribution in [0.25, 0.3) is 0 Å². The van der Waals surface area contributed by atoms with E-state index >= 15 is 0 Å². The molecule has 0 radical (unpaired) electrons. The summed E-state index contributed by atoms with van der Waals surface area (Å²) >= 11 is 0. The molecule has 4 nitrogen and oxygen atoms in total. The molecule has 1 saturated heterocycles. The first kappa shape index (κ1) is 21.3. The molecule has 1 aliphatic heterocycles. The average molecular weight is 387 g/mol. The molecule has 2 fully saturated rings. The monoisotopic (exact) mass is 386 g/mol. The van der Waals surface area contributed by atoms with Crippen LogP contribution in [0, 0.1) is 11.8 Å². The summed E-state index contributed by atoms with van der Waals surface area (Å²) in [5.74, 6) is 1.19. The van der Waals surface area contributed by atoms with Gasteiger partial charge in [0.1, 0.15) is 0 Å². The van der Waals surface area contributed by atoms with E-state index in [0.29, 0.717) is 11.8 Å². The molecule has 1 aromatic rings. The lowest BCUT2D eigenvalue weighted by atomic mass is 9.70. The number of aliphatic hydroxyl groups excluding tert-OH is 1. The standard InChI is InChI=1S/C24H38N2O2/c1-17(27)21(16-18-10-6-5-7-11-18)26-15-14-19-12-8-9-13-20(19)22(26)23(28)25-24(2,3)4/h5-7,10-11,17,19-22,27H,8-9,12-16H2,1-4H3,(H,25,28). The van der Waals surface area contributed by atoms with Crippen molar-refractivity contribution in [3.05, 3.63) is 35.9 Å². The maximum absolute atomic E-state index is 13.4. The molecular formula is C24H38N2O2. The van der Waals surface area contributed by atoms with Gasteiger partial charge in [0, 0.05) is 11.6 Å². The molecule has 1 aromatic carbocycles. The van der Waals surface area contributed by atoms with Crippen LogP contribution in [0.1, 0.15) is 65.4 Å². The van der Waals surface area contributed by atoms with Crippen molar-refractivity contribution in [2.24, 2.45) is 11.8 Å². The van der Waals surface area contributed by atoms with Gasteiger partial charge in [-0.05, 0) is 70.9 Å². The first-order valence-electron chi connectivity index (χ1n) is 11.1. The van der Waals surface area contributed by atoms with Crippen molar-refractivity contribution in [1.29, 1.82) is 0 Å². The molecule has 156 valence electrons. The van der Waals surface area contributed by atoms with Crippen LogP contribution in [0.5, 0.6) is 0 Å². The molecule has 1 heterocycles. The van der Waals surface area contributed by atoms with Crippen molar-refractivity contribution in [2.75, 3.05) is 6.54 Å². The fraction of sp³-hybridized carbons (Fsp3) is 0.708. The molecule has 5 atom stereocenters. The number of carbonyl (C=O) groups is 1. The summed E-state index contributed by atoms with van der Waals surface area (Å²) in [6.07, 6.45) is 6.31. The van der Waals surface area contributed by atoms with E-state index in [-0.39, 0.29) is 23.5 Å². The van der Waals surface area contributed by atoms with Gasteiger partial charge in [0.25, 0.3) is 0 Å². The number of aliphatic hydroxyl groups is 1. The van der Waals surface area contributed by atoms with Crippen LogP contribution < -0.4 is 5.32 Å². The second kappa shape index (κ2) is 8.96. The number of carbonyl (C=O) groups excluding carboxylic acids is 1. The molecule has 1 aliphatic carbocycles. The van der Waals surface area contributed by atoms with E-state index in [1.165, 1.54) is 24.8 Å². The number of likely N-dealkylation sites (tertiary alicyclic amines) is 1. The van der Waals surface area contributed by atoms with Gasteiger partial charge in [0.2, 0.25) is 5.91 Å². The molecule has 1 saturated carbocycles. The van der Waals surface area contributed by atoms with Crippen molar-refractivity contribution < 1.29 is 9.90 Å². The Labute approximate surface area is 170 Å². The van der Waals surface area contributed by atoms with E-state index in [0.717, 1.165) is 25.8 Å². The Morgan fingerprint density at radius 2 is 1.86 bits per heavy atom. The Hall–Kier alpha value is -1.39. The molecule has 28 heavy (non-hydrogen) atoms. The topological polar surface area (TPSA) is 52.6 Å². The maximum Gasteiger partial charge on any atom is 0.238 e. The predicted molar refractivity (Wildman–Crippen MR) is 114 cm³/mol. The number of amides is 1. The van der Waals surface area contributed by atoms with Crippen LogP contribution in [0.15, 0.2) is 30.3 Å². The minimum absolute atomic E-state index is 0.0407. The highest BCUT2D eigenvalue weighted by Crippen LogP contribution is 2.41. The molecule has 0 aromatic heterocycles. The van der Waals surface area contributed by atoms with Gasteiger partial charge < -0.3 is 10.4 Å². The van der Waals surface area contributed by atoms with Gasteiger partial charge in [-0.2, -0.15) is 0 Å². The Balaban J connectivity index is 1.88. The fourth-order valence-corrected chi connectivity index (χ4v) is 5.29. The Morgan fingerprint density at radius 1 is 1.18 bits per heavy atom. The first-order chi connectivity index (χ1) is 13.3. The number of nitrogens with one attached hydrogen (secondary N) is 1. The van der Waals surface area contributed by atoms with Gasteiger partial charge in [-0.1, -0.05) is 49.6 Å². The molecule has 1 amide bonds. The van der Waals surface area contributed by atoms with Crippen LogP contribution in [0.4, 0.5) is 0 Å². The molecule has 5 unspecified atom stereocenters. The zero-order valence-corrected chi connectivity index (χ0v) is 18.0. The van der Waals surface area contributed by atoms with Crippen molar-refractivity contribution >= 4 is 5.91 Å². The number of nitrogens with zero attached hydrogens (tertiary/aromatic N) is 1. The molecule has 3 rings (SSSR count). The van der Waals surface area contributed by atoms with Crippen LogP contribution in [-0.4, -0.2) is 46.2 Å². The summed E-state index contributed by atoms with van der Waals surface area (Å²) in [6.45, 7) is 8.91. The maximum atomic E-state index is 13.4. The first-order valence-corrected chi connectivity index (χ1v) is 11.1. The summed E-state index contributed by atoms with van der Waals surface area (Å²) in [5.41, 5.74) is 0.971. The van der Waals surface area contributed by atoms with Crippen molar-refractivity contribution in [3.8, 4) is 0 Å². The smallest absolute Gasteiger partial charge is 0.238 e. The zero-order valence-electron chi connectivity index (χ0n) is 18.0. The predicted octanol–water partition coefficient (Wildman–Crippen LogP) is 3.77. The Kier molecular flexibility index (Phi) is 6.82. The average Bonchev–Trinajstić information content (AvgIpc) is 2.64. The number of rotatable bonds is 5. The second-order valence-corrected chi connectivity index (χ2v) is 9.92. The normalized spacial score (nSPS) is 28.2. The van der Waals surface area contributed by atoms with E-state index in [4.69, 9.17) is 0 Å². The third kappa shape index (κ3) is 5.15. The summed E-state index contributed by atoms with van der Waals surface area (Å²) < 4.78 is 0. The van der Waals surface area contributed by atoms with Crippen molar-refractivity contribution in [2.45, 2.75) is 89.9 Å². The lowest BCUT2D eigenvalue weighted by Crippen LogP contribution is -2.63. The highest BCUT2D eigenvalue weighted by Gasteiger charge is 2.46. The second-order valence-electron chi connectivity index (χ2n) is 9.92. The lowest BCUT2D eigenvalue weighted by molar-refractivity contribution is -0.138. The van der Waals surface area contributed by atoms with Gasteiger partial charge in [-0.15, -0.1) is 0 Å². The van der Waals surface area contributed by atoms with E-state index in [9.17, 15) is 9.90 Å². The minimum atomic E-state index is -0.481. The number of hydrogen-bond donors (Lipinski definition) is 2. The highest BCUT2D eigenvalue weighted by molar-refractivity contribution is 5.83. The van der Waals surface area contributed by atoms with E-state index in [2.05, 4.69) is 22.3 Å². The van der Waals surface area contributed by atoms with Crippen LogP contribution in [0.3, 0.4) is 0 Å². The van der Waals surface area contributed by atoms with Crippen molar-refractivity contribution in [1.82, 2.24) is 10.2 Å². The van der Waals surface area contributed by atoms with E-state index in [1.54, 1.807) is 0 Å². The molecule has 4 heteroatoms. The number of piperidine rings is 1. The molecular weight excluding hydrogens is 348 g/mol. The molecule has 2 N–H and O–H groups in total. The molecule has 2 aliphatic rings. The highest BCUT2D eigenvalue weighted by atomic mass is 16.3. The third-order valence-electron chi connectivity index (χ3n) is 6.53. The quantitative estimate of drug-likeness (QED) is 0.810. The Morgan fingerprint density at radius 3 is 2.50 bits per heavy atom. The van der Waals surface area contributed by atoms with E-state index < -0.39 is 6.10 Å². The van der Waals surface area contributed by atoms with Gasteiger partial charge in [-0.25, -0.2) is 0 Å². The van der Waals surface area contributed by atoms with Crippen LogP contribution in [0.2, 0.25) is 0 Å². The number of fused-ring (bicyclic) bond motifs is 1. The summed E-state index contributed by atoms with van der Waals surface area (Å²) in [4.78, 5) is 15.8. The lowest BCUT2D eigenvalue weighted by Gasteiger charge is -2.50. The largest absolute Gasteiger partial charge is 0.392 e. The van der Waals surface area contributed by atoms with E-state index in [1.807, 2.05) is 45.9 Å². The van der Waals surface area contributed by atoms with Gasteiger partial charge in [-0.3, -0.25) is 9.69 Å². The minimum Gasteiger partial charge on any atom is -0.392 e. The van der Waals surface area contributed by atoms with Gasteiger partial charge >= 0.3 is 0 Å². The summed E-state index contributed by atoms with van der Waals surface area (Å²) in [7, 11) is 0.